The second kappa shape index (κ2) is 12.5. The average molecular weight is 550 g/mol. The maximum absolute atomic E-state index is 13.8. The third-order valence-corrected chi connectivity index (χ3v) is 7.75. The summed E-state index contributed by atoms with van der Waals surface area (Å²) in [6.45, 7) is 12.8. The molecule has 3 unspecified atom stereocenters. The van der Waals surface area contributed by atoms with E-state index in [2.05, 4.69) is 16.0 Å². The van der Waals surface area contributed by atoms with Crippen LogP contribution < -0.4 is 21.7 Å². The van der Waals surface area contributed by atoms with Crippen LogP contribution in [0.5, 0.6) is 0 Å². The molecule has 1 saturated carbocycles. The van der Waals surface area contributed by atoms with Crippen LogP contribution in [0, 0.1) is 10.8 Å². The quantitative estimate of drug-likeness (QED) is 0.321. The Morgan fingerprint density at radius 1 is 0.923 bits per heavy atom. The molecule has 3 atom stereocenters. The molecule has 11 nitrogen and oxygen atoms in total. The Labute approximate surface area is 231 Å². The molecule has 220 valence electrons. The van der Waals surface area contributed by atoms with Gasteiger partial charge in [0.2, 0.25) is 17.6 Å². The molecule has 2 rings (SSSR count). The Morgan fingerprint density at radius 2 is 1.51 bits per heavy atom. The molecule has 5 N–H and O–H groups in total. The zero-order valence-corrected chi connectivity index (χ0v) is 24.6. The molecule has 0 aromatic heterocycles. The minimum absolute atomic E-state index is 0.0723. The number of carbonyl (C=O) groups excluding carboxylic acids is 6. The average Bonchev–Trinajstić information content (AvgIpc) is 3.31. The molecule has 2 aliphatic rings. The number of carbonyl (C=O) groups is 6. The fourth-order valence-corrected chi connectivity index (χ4v) is 5.26. The van der Waals surface area contributed by atoms with Gasteiger partial charge in [0.25, 0.3) is 5.91 Å². The first-order chi connectivity index (χ1) is 17.9. The number of primary amides is 1. The third kappa shape index (κ3) is 8.50. The summed E-state index contributed by atoms with van der Waals surface area (Å²) >= 11 is 0. The van der Waals surface area contributed by atoms with Gasteiger partial charge in [0, 0.05) is 23.9 Å². The molecule has 2 fully saturated rings. The summed E-state index contributed by atoms with van der Waals surface area (Å²) in [6, 6.07) is -3.43. The van der Waals surface area contributed by atoms with Crippen molar-refractivity contribution in [3.05, 3.63) is 0 Å². The second-order valence-electron chi connectivity index (χ2n) is 13.2. The molecular formula is C28H47N5O6. The predicted molar refractivity (Wildman–Crippen MR) is 146 cm³/mol. The van der Waals surface area contributed by atoms with Crippen LogP contribution in [0.1, 0.15) is 99.8 Å². The molecule has 0 spiro atoms. The van der Waals surface area contributed by atoms with E-state index >= 15 is 0 Å². The highest BCUT2D eigenvalue weighted by Crippen LogP contribution is 2.34. The standard InChI is InChI=1S/C28H47N5O6/c1-17(20(35)22(29)36)30-23(37)18-12-11-15-33(18)24(38)21(27(5,6)7)31-25(39)32-28(13-9-8-10-14-28)16-19(34)26(2,3)4/h17-18,21H,8-16H2,1-7H3,(H2,29,36)(H,30,37)(H2,31,32,39). The van der Waals surface area contributed by atoms with Crippen molar-refractivity contribution >= 4 is 35.3 Å². The Balaban J connectivity index is 2.19. The number of ketones is 2. The first-order valence-corrected chi connectivity index (χ1v) is 13.9. The highest BCUT2D eigenvalue weighted by molar-refractivity contribution is 6.37. The Hall–Kier alpha value is -2.98. The van der Waals surface area contributed by atoms with Crippen LogP contribution in [0.4, 0.5) is 4.79 Å². The molecule has 1 saturated heterocycles. The van der Waals surface area contributed by atoms with Crippen LogP contribution in [0.15, 0.2) is 0 Å². The Morgan fingerprint density at radius 3 is 2.03 bits per heavy atom. The van der Waals surface area contributed by atoms with Gasteiger partial charge in [0.1, 0.15) is 17.9 Å². The fraction of sp³-hybridized carbons (Fsp3) is 0.786. The minimum Gasteiger partial charge on any atom is -0.363 e. The number of rotatable bonds is 9. The van der Waals surface area contributed by atoms with E-state index in [0.717, 1.165) is 19.3 Å². The van der Waals surface area contributed by atoms with Gasteiger partial charge in [-0.15, -0.1) is 0 Å². The molecule has 1 heterocycles. The van der Waals surface area contributed by atoms with Gasteiger partial charge in [-0.2, -0.15) is 0 Å². The number of hydrogen-bond acceptors (Lipinski definition) is 6. The van der Waals surface area contributed by atoms with Crippen LogP contribution in [0.25, 0.3) is 0 Å². The molecule has 39 heavy (non-hydrogen) atoms. The van der Waals surface area contributed by atoms with Gasteiger partial charge in [-0.05, 0) is 38.0 Å². The number of hydrogen-bond donors (Lipinski definition) is 4. The summed E-state index contributed by atoms with van der Waals surface area (Å²) in [5, 5.41) is 8.40. The zero-order valence-electron chi connectivity index (χ0n) is 24.6. The van der Waals surface area contributed by atoms with Crippen LogP contribution >= 0.6 is 0 Å². The number of urea groups is 1. The second-order valence-corrected chi connectivity index (χ2v) is 13.2. The number of nitrogens with one attached hydrogen (secondary N) is 3. The number of amides is 5. The molecule has 0 bridgehead atoms. The van der Waals surface area contributed by atoms with E-state index in [0.29, 0.717) is 32.2 Å². The first-order valence-electron chi connectivity index (χ1n) is 13.9. The van der Waals surface area contributed by atoms with E-state index in [1.54, 1.807) is 0 Å². The summed E-state index contributed by atoms with van der Waals surface area (Å²) < 4.78 is 0. The molecule has 5 amide bonds. The Bertz CT molecular complexity index is 974. The van der Waals surface area contributed by atoms with Crippen LogP contribution in [-0.2, 0) is 24.0 Å². The van der Waals surface area contributed by atoms with E-state index in [-0.39, 0.29) is 12.2 Å². The molecule has 11 heteroatoms. The third-order valence-electron chi connectivity index (χ3n) is 7.75. The topological polar surface area (TPSA) is 168 Å². The number of nitrogens with two attached hydrogens (primary N) is 1. The van der Waals surface area contributed by atoms with Gasteiger partial charge in [-0.1, -0.05) is 60.8 Å². The van der Waals surface area contributed by atoms with Crippen molar-refractivity contribution in [3.8, 4) is 0 Å². The van der Waals surface area contributed by atoms with Gasteiger partial charge in [0.15, 0.2) is 0 Å². The maximum atomic E-state index is 13.8. The Kier molecular flexibility index (Phi) is 10.3. The lowest BCUT2D eigenvalue weighted by Gasteiger charge is -2.41. The van der Waals surface area contributed by atoms with Gasteiger partial charge >= 0.3 is 6.03 Å². The molecule has 1 aliphatic carbocycles. The fourth-order valence-electron chi connectivity index (χ4n) is 5.26. The van der Waals surface area contributed by atoms with E-state index in [1.807, 2.05) is 41.5 Å². The molecular weight excluding hydrogens is 502 g/mol. The van der Waals surface area contributed by atoms with Gasteiger partial charge in [-0.25, -0.2) is 4.79 Å². The first kappa shape index (κ1) is 32.2. The molecule has 0 aromatic rings. The highest BCUT2D eigenvalue weighted by atomic mass is 16.2. The van der Waals surface area contributed by atoms with Crippen molar-refractivity contribution < 1.29 is 28.8 Å². The summed E-state index contributed by atoms with van der Waals surface area (Å²) in [4.78, 5) is 77.4. The smallest absolute Gasteiger partial charge is 0.315 e. The monoisotopic (exact) mass is 549 g/mol. The van der Waals surface area contributed by atoms with Crippen LogP contribution in [-0.4, -0.2) is 70.4 Å². The number of Topliss-reactive ketones (excluding diaryl/α,β-unsaturated/α-hetero) is 2. The van der Waals surface area contributed by atoms with E-state index in [1.165, 1.54) is 11.8 Å². The maximum Gasteiger partial charge on any atom is 0.315 e. The van der Waals surface area contributed by atoms with E-state index in [4.69, 9.17) is 5.73 Å². The molecule has 0 radical (unpaired) electrons. The SMILES string of the molecule is CC(NC(=O)C1CCCN1C(=O)C(NC(=O)NC1(CC(=O)C(C)(C)C)CCCCC1)C(C)(C)C)C(=O)C(N)=O. The predicted octanol–water partition coefficient (Wildman–Crippen LogP) is 1.96. The largest absolute Gasteiger partial charge is 0.363 e. The van der Waals surface area contributed by atoms with Crippen molar-refractivity contribution in [2.24, 2.45) is 16.6 Å². The lowest BCUT2D eigenvalue weighted by Crippen LogP contribution is -2.62. The molecule has 1 aliphatic heterocycles. The lowest BCUT2D eigenvalue weighted by molar-refractivity contribution is -0.143. The van der Waals surface area contributed by atoms with Crippen molar-refractivity contribution in [1.82, 2.24) is 20.9 Å². The molecule has 0 aromatic carbocycles. The van der Waals surface area contributed by atoms with E-state index < -0.39 is 64.0 Å². The summed E-state index contributed by atoms with van der Waals surface area (Å²) in [5.41, 5.74) is 3.14. The minimum atomic E-state index is -1.15. The normalized spacial score (nSPS) is 20.9. The summed E-state index contributed by atoms with van der Waals surface area (Å²) in [6.07, 6.45) is 5.41. The van der Waals surface area contributed by atoms with Gasteiger partial charge < -0.3 is 26.6 Å². The number of likely N-dealkylation sites (tertiary alicyclic amines) is 1. The van der Waals surface area contributed by atoms with Crippen LogP contribution in [0.3, 0.4) is 0 Å². The summed E-state index contributed by atoms with van der Waals surface area (Å²) in [7, 11) is 0. The van der Waals surface area contributed by atoms with Crippen molar-refractivity contribution in [1.29, 1.82) is 0 Å². The van der Waals surface area contributed by atoms with Crippen LogP contribution in [0.2, 0.25) is 0 Å². The summed E-state index contributed by atoms with van der Waals surface area (Å²) in [5.74, 6) is -2.96. The van der Waals surface area contributed by atoms with Crippen molar-refractivity contribution in [3.63, 3.8) is 0 Å². The van der Waals surface area contributed by atoms with Gasteiger partial charge in [0.05, 0.1) is 6.04 Å². The van der Waals surface area contributed by atoms with Crippen molar-refractivity contribution in [2.45, 2.75) is 123 Å². The van der Waals surface area contributed by atoms with E-state index in [9.17, 15) is 28.8 Å². The number of nitrogens with zero attached hydrogens (tertiary/aromatic N) is 1. The highest BCUT2D eigenvalue weighted by Gasteiger charge is 2.44. The zero-order chi connectivity index (χ0) is 29.8. The van der Waals surface area contributed by atoms with Crippen molar-refractivity contribution in [2.75, 3.05) is 6.54 Å². The lowest BCUT2D eigenvalue weighted by atomic mass is 9.74. The van der Waals surface area contributed by atoms with Gasteiger partial charge in [-0.3, -0.25) is 24.0 Å².